The van der Waals surface area contributed by atoms with Crippen molar-refractivity contribution >= 4 is 17.7 Å². The van der Waals surface area contributed by atoms with Gasteiger partial charge in [-0.25, -0.2) is 9.59 Å². The first-order chi connectivity index (χ1) is 8.58. The summed E-state index contributed by atoms with van der Waals surface area (Å²) in [6.07, 6.45) is -2.00. The summed E-state index contributed by atoms with van der Waals surface area (Å²) in [5.74, 6) is -0.729. The number of anilines is 1. The molecule has 6 nitrogen and oxygen atoms in total. The number of esters is 1. The van der Waals surface area contributed by atoms with Crippen LogP contribution in [0, 0.1) is 0 Å². The van der Waals surface area contributed by atoms with Crippen LogP contribution in [0.25, 0.3) is 0 Å². The minimum atomic E-state index is -1.37. The van der Waals surface area contributed by atoms with Crippen molar-refractivity contribution < 1.29 is 24.2 Å². The summed E-state index contributed by atoms with van der Waals surface area (Å²) >= 11 is 0. The fourth-order valence-electron chi connectivity index (χ4n) is 1.31. The predicted octanol–water partition coefficient (Wildman–Crippen LogP) is 1.46. The Hall–Kier alpha value is -2.08. The van der Waals surface area contributed by atoms with E-state index in [1.54, 1.807) is 25.1 Å². The topological polar surface area (TPSA) is 84.9 Å². The molecule has 0 aromatic heterocycles. The Morgan fingerprint density at radius 1 is 1.44 bits per heavy atom. The Balaban J connectivity index is 2.81. The second-order valence-electron chi connectivity index (χ2n) is 3.40. The van der Waals surface area contributed by atoms with Gasteiger partial charge < -0.3 is 14.6 Å². The molecule has 1 aromatic carbocycles. The number of benzene rings is 1. The number of aliphatic hydroxyl groups is 1. The molecule has 0 radical (unpaired) electrons. The van der Waals surface area contributed by atoms with Crippen LogP contribution in [-0.4, -0.2) is 30.9 Å². The summed E-state index contributed by atoms with van der Waals surface area (Å²) in [5.41, 5.74) is 0.755. The first kappa shape index (κ1) is 14.0. The third-order valence-electron chi connectivity index (χ3n) is 2.14. The third kappa shape index (κ3) is 3.74. The van der Waals surface area contributed by atoms with E-state index in [2.05, 4.69) is 10.1 Å². The van der Waals surface area contributed by atoms with E-state index in [0.717, 1.165) is 0 Å². The monoisotopic (exact) mass is 253 g/mol. The van der Waals surface area contributed by atoms with Crippen LogP contribution in [0.5, 0.6) is 0 Å². The van der Waals surface area contributed by atoms with Gasteiger partial charge in [-0.3, -0.25) is 5.32 Å². The van der Waals surface area contributed by atoms with E-state index in [-0.39, 0.29) is 6.61 Å². The Kier molecular flexibility index (Phi) is 5.13. The number of aliphatic hydroxyl groups excluding tert-OH is 1. The van der Waals surface area contributed by atoms with E-state index in [9.17, 15) is 14.7 Å². The molecule has 1 atom stereocenters. The number of amides is 1. The lowest BCUT2D eigenvalue weighted by atomic mass is 10.1. The average Bonchev–Trinajstić information content (AvgIpc) is 2.38. The number of hydrogen-bond donors (Lipinski definition) is 2. The van der Waals surface area contributed by atoms with Gasteiger partial charge in [0, 0.05) is 5.69 Å². The first-order valence-corrected chi connectivity index (χ1v) is 5.38. The second-order valence-corrected chi connectivity index (χ2v) is 3.40. The highest BCUT2D eigenvalue weighted by Gasteiger charge is 2.18. The summed E-state index contributed by atoms with van der Waals surface area (Å²) in [6.45, 7) is 1.84. The smallest absolute Gasteiger partial charge is 0.411 e. The number of ether oxygens (including phenoxy) is 2. The van der Waals surface area contributed by atoms with E-state index in [1.165, 1.54) is 13.2 Å². The minimum absolute atomic E-state index is 0.190. The van der Waals surface area contributed by atoms with Crippen molar-refractivity contribution in [2.24, 2.45) is 0 Å². The van der Waals surface area contributed by atoms with E-state index >= 15 is 0 Å². The van der Waals surface area contributed by atoms with Gasteiger partial charge in [-0.15, -0.1) is 0 Å². The molecule has 0 aliphatic carbocycles. The first-order valence-electron chi connectivity index (χ1n) is 5.38. The molecule has 6 heteroatoms. The molecule has 1 amide bonds. The van der Waals surface area contributed by atoms with Gasteiger partial charge >= 0.3 is 12.1 Å². The van der Waals surface area contributed by atoms with Crippen LogP contribution in [0.15, 0.2) is 24.3 Å². The van der Waals surface area contributed by atoms with Crippen LogP contribution in [0.1, 0.15) is 18.6 Å². The van der Waals surface area contributed by atoms with Crippen LogP contribution in [0.2, 0.25) is 0 Å². The molecule has 1 rings (SSSR count). The number of methoxy groups -OCH3 is 1. The summed E-state index contributed by atoms with van der Waals surface area (Å²) in [4.78, 5) is 22.4. The normalized spacial score (nSPS) is 11.5. The molecular formula is C12H15NO5. The summed E-state index contributed by atoms with van der Waals surface area (Å²) in [6, 6.07) is 6.24. The molecule has 0 aliphatic rings. The molecule has 0 bridgehead atoms. The van der Waals surface area contributed by atoms with Gasteiger partial charge in [0.2, 0.25) is 0 Å². The Bertz CT molecular complexity index is 432. The molecule has 0 saturated carbocycles. The molecule has 2 N–H and O–H groups in total. The maximum atomic E-state index is 11.3. The molecule has 1 aromatic rings. The van der Waals surface area contributed by atoms with E-state index < -0.39 is 18.2 Å². The lowest BCUT2D eigenvalue weighted by Gasteiger charge is -2.11. The summed E-state index contributed by atoms with van der Waals surface area (Å²) in [5, 5.41) is 12.2. The van der Waals surface area contributed by atoms with Crippen LogP contribution >= 0.6 is 0 Å². The second kappa shape index (κ2) is 6.61. The van der Waals surface area contributed by atoms with Crippen molar-refractivity contribution in [3.8, 4) is 0 Å². The van der Waals surface area contributed by atoms with E-state index in [0.29, 0.717) is 11.3 Å². The molecule has 0 saturated heterocycles. The number of rotatable bonds is 4. The molecule has 0 heterocycles. The Labute approximate surface area is 105 Å². The van der Waals surface area contributed by atoms with Gasteiger partial charge in [0.05, 0.1) is 13.7 Å². The Morgan fingerprint density at radius 3 is 2.78 bits per heavy atom. The van der Waals surface area contributed by atoms with Crippen molar-refractivity contribution in [1.29, 1.82) is 0 Å². The van der Waals surface area contributed by atoms with Gasteiger partial charge in [0.25, 0.3) is 0 Å². The van der Waals surface area contributed by atoms with Gasteiger partial charge in [-0.2, -0.15) is 0 Å². The molecule has 18 heavy (non-hydrogen) atoms. The van der Waals surface area contributed by atoms with Crippen molar-refractivity contribution in [2.75, 3.05) is 19.0 Å². The minimum Gasteiger partial charge on any atom is -0.464 e. The summed E-state index contributed by atoms with van der Waals surface area (Å²) in [7, 11) is 1.24. The third-order valence-corrected chi connectivity index (χ3v) is 2.14. The largest absolute Gasteiger partial charge is 0.464 e. The standard InChI is InChI=1S/C12H15NO5/c1-3-18-11(15)10(14)8-5-4-6-9(7-8)13-12(16)17-2/h4-7,10,14H,3H2,1-2H3,(H,13,16). The zero-order valence-electron chi connectivity index (χ0n) is 10.2. The fourth-order valence-corrected chi connectivity index (χ4v) is 1.31. The van der Waals surface area contributed by atoms with Crippen LogP contribution < -0.4 is 5.32 Å². The zero-order valence-corrected chi connectivity index (χ0v) is 10.2. The summed E-state index contributed by atoms with van der Waals surface area (Å²) < 4.78 is 9.14. The molecule has 1 unspecified atom stereocenters. The van der Waals surface area contributed by atoms with Crippen molar-refractivity contribution in [1.82, 2.24) is 0 Å². The average molecular weight is 253 g/mol. The van der Waals surface area contributed by atoms with Crippen LogP contribution in [0.4, 0.5) is 10.5 Å². The fraction of sp³-hybridized carbons (Fsp3) is 0.333. The molecule has 0 aliphatic heterocycles. The van der Waals surface area contributed by atoms with Gasteiger partial charge in [-0.1, -0.05) is 12.1 Å². The molecule has 0 fully saturated rings. The molecular weight excluding hydrogens is 238 g/mol. The van der Waals surface area contributed by atoms with Crippen LogP contribution in [0.3, 0.4) is 0 Å². The Morgan fingerprint density at radius 2 is 2.17 bits per heavy atom. The van der Waals surface area contributed by atoms with Crippen molar-refractivity contribution in [3.63, 3.8) is 0 Å². The maximum Gasteiger partial charge on any atom is 0.411 e. The van der Waals surface area contributed by atoms with Crippen molar-refractivity contribution in [3.05, 3.63) is 29.8 Å². The van der Waals surface area contributed by atoms with Gasteiger partial charge in [-0.05, 0) is 24.6 Å². The molecule has 0 spiro atoms. The zero-order chi connectivity index (χ0) is 13.5. The van der Waals surface area contributed by atoms with Gasteiger partial charge in [0.1, 0.15) is 0 Å². The van der Waals surface area contributed by atoms with E-state index in [4.69, 9.17) is 4.74 Å². The lowest BCUT2D eigenvalue weighted by molar-refractivity contribution is -0.153. The predicted molar refractivity (Wildman–Crippen MR) is 64.1 cm³/mol. The highest BCUT2D eigenvalue weighted by atomic mass is 16.5. The van der Waals surface area contributed by atoms with Crippen LogP contribution in [-0.2, 0) is 14.3 Å². The van der Waals surface area contributed by atoms with Crippen molar-refractivity contribution in [2.45, 2.75) is 13.0 Å². The SMILES string of the molecule is CCOC(=O)C(O)c1cccc(NC(=O)OC)c1. The number of carbonyl (C=O) groups is 2. The number of nitrogens with one attached hydrogen (secondary N) is 1. The quantitative estimate of drug-likeness (QED) is 0.793. The highest BCUT2D eigenvalue weighted by molar-refractivity contribution is 5.85. The lowest BCUT2D eigenvalue weighted by Crippen LogP contribution is -2.16. The maximum absolute atomic E-state index is 11.3. The number of hydrogen-bond acceptors (Lipinski definition) is 5. The number of carbonyl (C=O) groups excluding carboxylic acids is 2. The van der Waals surface area contributed by atoms with E-state index in [1.807, 2.05) is 0 Å². The van der Waals surface area contributed by atoms with Gasteiger partial charge in [0.15, 0.2) is 6.10 Å². The molecule has 98 valence electrons. The highest BCUT2D eigenvalue weighted by Crippen LogP contribution is 2.19.